The quantitative estimate of drug-likeness (QED) is 0.0308. The first kappa shape index (κ1) is 72.5. The Morgan fingerprint density at radius 3 is 0.851 bits per heavy atom. The summed E-state index contributed by atoms with van der Waals surface area (Å²) in [6, 6.07) is -1.01. The molecule has 4 atom stereocenters. The van der Waals surface area contributed by atoms with Gasteiger partial charge in [-0.2, -0.15) is 0 Å². The molecule has 0 saturated carbocycles. The number of carbonyl (C=O) groups excluding carboxylic acids is 1. The van der Waals surface area contributed by atoms with E-state index in [0.29, 0.717) is 19.3 Å². The summed E-state index contributed by atoms with van der Waals surface area (Å²) in [5.74, 6) is -0.593. The second-order valence-corrected chi connectivity index (χ2v) is 23.2. The van der Waals surface area contributed by atoms with Crippen molar-refractivity contribution in [1.29, 1.82) is 0 Å². The van der Waals surface area contributed by atoms with E-state index in [0.717, 1.165) is 51.4 Å². The standard InChI is InChI=1S/C68H131NO5/c1-3-5-7-9-11-13-15-17-19-21-23-25-27-29-31-32-33-34-35-36-38-40-42-44-46-48-50-52-54-56-58-60-62-66(72)68(74)69-64(63-70)67(73)65(71)61-59-57-55-53-51-49-47-45-43-41-39-37-30-28-26-24-22-20-18-16-14-12-10-8-6-4-2/h37,39,45,47,53,55,64-67,70-73H,3-36,38,40-44,46,48-52,54,56-63H2,1-2H3,(H,69,74)/b39-37+,47-45+,55-53+. The number of unbranched alkanes of at least 4 members (excludes halogenated alkanes) is 47. The molecule has 0 saturated heterocycles. The zero-order valence-corrected chi connectivity index (χ0v) is 49.9. The van der Waals surface area contributed by atoms with Crippen LogP contribution in [0.5, 0.6) is 0 Å². The van der Waals surface area contributed by atoms with Crippen molar-refractivity contribution in [2.75, 3.05) is 6.61 Å². The van der Waals surface area contributed by atoms with Crippen molar-refractivity contribution < 1.29 is 25.2 Å². The monoisotopic (exact) mass is 1040 g/mol. The van der Waals surface area contributed by atoms with Gasteiger partial charge in [-0.1, -0.05) is 333 Å². The van der Waals surface area contributed by atoms with Crippen molar-refractivity contribution in [2.45, 2.75) is 385 Å². The van der Waals surface area contributed by atoms with Gasteiger partial charge in [-0.15, -0.1) is 0 Å². The fraction of sp³-hybridized carbons (Fsp3) is 0.897. The maximum atomic E-state index is 12.6. The lowest BCUT2D eigenvalue weighted by molar-refractivity contribution is -0.132. The van der Waals surface area contributed by atoms with Crippen molar-refractivity contribution in [3.63, 3.8) is 0 Å². The lowest BCUT2D eigenvalue weighted by Crippen LogP contribution is -2.53. The molecule has 0 aliphatic heterocycles. The summed E-state index contributed by atoms with van der Waals surface area (Å²) in [6.45, 7) is 4.09. The molecule has 74 heavy (non-hydrogen) atoms. The largest absolute Gasteiger partial charge is 0.394 e. The topological polar surface area (TPSA) is 110 Å². The highest BCUT2D eigenvalue weighted by Crippen LogP contribution is 2.19. The Labute approximate surface area is 462 Å². The summed E-state index contributed by atoms with van der Waals surface area (Å²) < 4.78 is 0. The third-order valence-corrected chi connectivity index (χ3v) is 15.8. The number of allylic oxidation sites excluding steroid dienone is 6. The van der Waals surface area contributed by atoms with Gasteiger partial charge in [0, 0.05) is 0 Å². The van der Waals surface area contributed by atoms with Gasteiger partial charge in [0.2, 0.25) is 5.91 Å². The smallest absolute Gasteiger partial charge is 0.249 e. The summed E-state index contributed by atoms with van der Waals surface area (Å²) in [6.07, 6.45) is 79.8. The van der Waals surface area contributed by atoms with Crippen molar-refractivity contribution in [2.24, 2.45) is 0 Å². The average Bonchev–Trinajstić information content (AvgIpc) is 3.41. The Morgan fingerprint density at radius 1 is 0.324 bits per heavy atom. The highest BCUT2D eigenvalue weighted by atomic mass is 16.3. The summed E-state index contributed by atoms with van der Waals surface area (Å²) >= 11 is 0. The molecular formula is C68H131NO5. The van der Waals surface area contributed by atoms with Crippen LogP contribution in [0.1, 0.15) is 361 Å². The molecule has 0 bridgehead atoms. The van der Waals surface area contributed by atoms with E-state index in [9.17, 15) is 25.2 Å². The Kier molecular flexibility index (Phi) is 61.1. The van der Waals surface area contributed by atoms with Crippen LogP contribution < -0.4 is 5.32 Å². The first-order valence-electron chi connectivity index (χ1n) is 33.4. The molecule has 4 unspecified atom stereocenters. The molecule has 0 spiro atoms. The molecule has 5 N–H and O–H groups in total. The molecule has 0 aromatic rings. The maximum Gasteiger partial charge on any atom is 0.249 e. The first-order chi connectivity index (χ1) is 36.5. The van der Waals surface area contributed by atoms with Crippen molar-refractivity contribution >= 4 is 5.91 Å². The van der Waals surface area contributed by atoms with E-state index in [1.54, 1.807) is 0 Å². The Morgan fingerprint density at radius 2 is 0.568 bits per heavy atom. The fourth-order valence-electron chi connectivity index (χ4n) is 10.6. The predicted molar refractivity (Wildman–Crippen MR) is 325 cm³/mol. The number of rotatable bonds is 62. The zero-order chi connectivity index (χ0) is 53.7. The minimum absolute atomic E-state index is 0.362. The molecule has 6 nitrogen and oxygen atoms in total. The highest BCUT2D eigenvalue weighted by molar-refractivity contribution is 5.80. The number of carbonyl (C=O) groups is 1. The Hall–Kier alpha value is -1.47. The molecule has 0 aliphatic carbocycles. The van der Waals surface area contributed by atoms with E-state index in [-0.39, 0.29) is 0 Å². The van der Waals surface area contributed by atoms with Gasteiger partial charge in [0.25, 0.3) is 0 Å². The number of hydrogen-bond donors (Lipinski definition) is 5. The second-order valence-electron chi connectivity index (χ2n) is 23.2. The minimum atomic E-state index is -1.29. The average molecular weight is 1040 g/mol. The SMILES string of the molecule is CCCCCCCCCCCCCCC/C=C/CC/C=C/CC/C=C/CCCC(O)C(O)C(CO)NC(=O)C(O)CCCCCCCCCCCCCCCCCCCCCCCCCCCCCCCCCC. The first-order valence-corrected chi connectivity index (χ1v) is 33.4. The highest BCUT2D eigenvalue weighted by Gasteiger charge is 2.28. The molecule has 0 aromatic carbocycles. The third kappa shape index (κ3) is 55.3. The third-order valence-electron chi connectivity index (χ3n) is 15.8. The zero-order valence-electron chi connectivity index (χ0n) is 49.9. The fourth-order valence-corrected chi connectivity index (χ4v) is 10.6. The number of aliphatic hydroxyl groups excluding tert-OH is 4. The van der Waals surface area contributed by atoms with Crippen LogP contribution in [0.4, 0.5) is 0 Å². The van der Waals surface area contributed by atoms with Gasteiger partial charge >= 0.3 is 0 Å². The molecule has 0 fully saturated rings. The molecule has 0 rings (SSSR count). The van der Waals surface area contributed by atoms with Gasteiger partial charge in [0.1, 0.15) is 12.2 Å². The van der Waals surface area contributed by atoms with Gasteiger partial charge in [0.05, 0.1) is 18.8 Å². The van der Waals surface area contributed by atoms with E-state index in [2.05, 4.69) is 55.6 Å². The van der Waals surface area contributed by atoms with Crippen LogP contribution in [0.25, 0.3) is 0 Å². The molecule has 0 aliphatic rings. The lowest BCUT2D eigenvalue weighted by Gasteiger charge is -2.27. The van der Waals surface area contributed by atoms with Crippen LogP contribution in [0.15, 0.2) is 36.5 Å². The molecule has 438 valence electrons. The normalized spacial score (nSPS) is 13.8. The molecular weight excluding hydrogens is 911 g/mol. The number of hydrogen-bond acceptors (Lipinski definition) is 5. The summed E-state index contributed by atoms with van der Waals surface area (Å²) in [4.78, 5) is 12.6. The summed E-state index contributed by atoms with van der Waals surface area (Å²) in [5, 5.41) is 44.1. The van der Waals surface area contributed by atoms with E-state index >= 15 is 0 Å². The van der Waals surface area contributed by atoms with E-state index in [1.165, 1.54) is 276 Å². The van der Waals surface area contributed by atoms with Gasteiger partial charge in [-0.3, -0.25) is 4.79 Å². The minimum Gasteiger partial charge on any atom is -0.394 e. The van der Waals surface area contributed by atoms with Crippen molar-refractivity contribution in [1.82, 2.24) is 5.32 Å². The van der Waals surface area contributed by atoms with Crippen LogP contribution in [-0.4, -0.2) is 57.3 Å². The van der Waals surface area contributed by atoms with Gasteiger partial charge in [-0.25, -0.2) is 0 Å². The predicted octanol–water partition coefficient (Wildman–Crippen LogP) is 20.3. The van der Waals surface area contributed by atoms with E-state index in [1.807, 2.05) is 0 Å². The van der Waals surface area contributed by atoms with E-state index in [4.69, 9.17) is 0 Å². The van der Waals surface area contributed by atoms with Gasteiger partial charge < -0.3 is 25.7 Å². The number of aliphatic hydroxyl groups is 4. The van der Waals surface area contributed by atoms with Crippen LogP contribution in [0, 0.1) is 0 Å². The summed E-state index contributed by atoms with van der Waals surface area (Å²) in [5.41, 5.74) is 0. The van der Waals surface area contributed by atoms with E-state index < -0.39 is 36.9 Å². The van der Waals surface area contributed by atoms with Gasteiger partial charge in [-0.05, 0) is 64.2 Å². The lowest BCUT2D eigenvalue weighted by atomic mass is 10.00. The van der Waals surface area contributed by atoms with Crippen LogP contribution >= 0.6 is 0 Å². The van der Waals surface area contributed by atoms with Crippen LogP contribution in [-0.2, 0) is 4.79 Å². The molecule has 0 radical (unpaired) electrons. The molecule has 0 aromatic heterocycles. The van der Waals surface area contributed by atoms with Crippen LogP contribution in [0.2, 0.25) is 0 Å². The second kappa shape index (κ2) is 62.4. The molecule has 6 heteroatoms. The molecule has 1 amide bonds. The van der Waals surface area contributed by atoms with Crippen LogP contribution in [0.3, 0.4) is 0 Å². The Balaban J connectivity index is 3.60. The van der Waals surface area contributed by atoms with Gasteiger partial charge in [0.15, 0.2) is 0 Å². The van der Waals surface area contributed by atoms with Crippen molar-refractivity contribution in [3.05, 3.63) is 36.5 Å². The number of amides is 1. The Bertz CT molecular complexity index is 1170. The summed E-state index contributed by atoms with van der Waals surface area (Å²) in [7, 11) is 0. The maximum absolute atomic E-state index is 12.6. The van der Waals surface area contributed by atoms with Crippen molar-refractivity contribution in [3.8, 4) is 0 Å². The molecule has 0 heterocycles. The number of nitrogens with one attached hydrogen (secondary N) is 1.